The highest BCUT2D eigenvalue weighted by atomic mass is 16.7. The van der Waals surface area contributed by atoms with Crippen LogP contribution >= 0.6 is 0 Å². The van der Waals surface area contributed by atoms with Crippen LogP contribution in [0, 0.1) is 17.3 Å². The van der Waals surface area contributed by atoms with E-state index in [1.807, 2.05) is 0 Å². The lowest BCUT2D eigenvalue weighted by molar-refractivity contribution is -0.271. The number of ether oxygens (including phenoxy) is 2. The van der Waals surface area contributed by atoms with Gasteiger partial charge in [0.15, 0.2) is 0 Å². The minimum atomic E-state index is -2.10. The molecule has 6 nitrogen and oxygen atoms in total. The maximum Gasteiger partial charge on any atom is 0.332 e. The number of hydrogen-bond donors (Lipinski definition) is 2. The number of aliphatic hydroxyl groups excluding tert-OH is 2. The highest BCUT2D eigenvalue weighted by Gasteiger charge is 2.65. The third-order valence-corrected chi connectivity index (χ3v) is 3.55. The Morgan fingerprint density at radius 3 is 1.40 bits per heavy atom. The average molecular weight is 288 g/mol. The summed E-state index contributed by atoms with van der Waals surface area (Å²) in [6, 6.07) is 0. The summed E-state index contributed by atoms with van der Waals surface area (Å²) in [6.45, 7) is 9.46. The lowest BCUT2D eigenvalue weighted by Gasteiger charge is -2.46. The zero-order valence-electron chi connectivity index (χ0n) is 12.8. The minimum absolute atomic E-state index is 0.426. The second-order valence-electron chi connectivity index (χ2n) is 6.43. The summed E-state index contributed by atoms with van der Waals surface area (Å²) in [7, 11) is 0. The quantitative estimate of drug-likeness (QED) is 0.588. The van der Waals surface area contributed by atoms with Gasteiger partial charge in [0.1, 0.15) is 0 Å². The van der Waals surface area contributed by atoms with Crippen molar-refractivity contribution in [1.29, 1.82) is 0 Å². The summed E-state index contributed by atoms with van der Waals surface area (Å²) >= 11 is 0. The van der Waals surface area contributed by atoms with Crippen molar-refractivity contribution < 1.29 is 29.3 Å². The molecule has 2 N–H and O–H groups in total. The maximum absolute atomic E-state index is 12.4. The van der Waals surface area contributed by atoms with Crippen molar-refractivity contribution in [2.75, 3.05) is 0 Å². The van der Waals surface area contributed by atoms with Gasteiger partial charge in [0, 0.05) is 13.8 Å². The molecule has 0 radical (unpaired) electrons. The van der Waals surface area contributed by atoms with E-state index in [9.17, 15) is 19.8 Å². The number of rotatable bonds is 4. The van der Waals surface area contributed by atoms with E-state index >= 15 is 0 Å². The smallest absolute Gasteiger partial charge is 0.332 e. The van der Waals surface area contributed by atoms with Crippen LogP contribution in [-0.4, -0.2) is 40.1 Å². The summed E-state index contributed by atoms with van der Waals surface area (Å²) in [5.74, 6) is -4.14. The van der Waals surface area contributed by atoms with Crippen LogP contribution in [0.4, 0.5) is 0 Å². The van der Waals surface area contributed by atoms with Crippen molar-refractivity contribution >= 4 is 11.9 Å². The zero-order valence-corrected chi connectivity index (χ0v) is 12.8. The highest BCUT2D eigenvalue weighted by molar-refractivity contribution is 6.03. The topological polar surface area (TPSA) is 93.1 Å². The molecule has 20 heavy (non-hydrogen) atoms. The highest BCUT2D eigenvalue weighted by Crippen LogP contribution is 2.42. The average Bonchev–Trinajstić information content (AvgIpc) is 2.26. The summed E-state index contributed by atoms with van der Waals surface area (Å²) in [5, 5.41) is 20.7. The van der Waals surface area contributed by atoms with Crippen molar-refractivity contribution in [3.63, 3.8) is 0 Å². The second kappa shape index (κ2) is 5.33. The number of esters is 2. The SMILES string of the molecule is CC(C)C(O)C1(C(O)C(C)C)C(=O)OC(C)(C)OC1=O. The molecule has 1 fully saturated rings. The normalized spacial score (nSPS) is 24.3. The fourth-order valence-corrected chi connectivity index (χ4v) is 2.43. The Morgan fingerprint density at radius 1 is 0.850 bits per heavy atom. The third kappa shape index (κ3) is 2.54. The lowest BCUT2D eigenvalue weighted by atomic mass is 9.69. The molecule has 116 valence electrons. The fraction of sp³-hybridized carbons (Fsp3) is 0.857. The molecular formula is C14H24O6. The predicted molar refractivity (Wildman–Crippen MR) is 70.4 cm³/mol. The van der Waals surface area contributed by atoms with E-state index in [-0.39, 0.29) is 0 Å². The molecule has 0 spiro atoms. The van der Waals surface area contributed by atoms with Gasteiger partial charge < -0.3 is 19.7 Å². The van der Waals surface area contributed by atoms with Gasteiger partial charge in [-0.1, -0.05) is 27.7 Å². The molecule has 2 atom stereocenters. The molecule has 1 aliphatic rings. The van der Waals surface area contributed by atoms with E-state index in [4.69, 9.17) is 9.47 Å². The number of cyclic esters (lactones) is 2. The van der Waals surface area contributed by atoms with Crippen molar-refractivity contribution in [1.82, 2.24) is 0 Å². The molecule has 0 amide bonds. The Balaban J connectivity index is 3.38. The molecule has 0 aliphatic carbocycles. The van der Waals surface area contributed by atoms with Gasteiger partial charge >= 0.3 is 11.9 Å². The summed E-state index contributed by atoms with van der Waals surface area (Å²) in [6.07, 6.45) is -2.79. The Labute approximate surface area is 119 Å². The molecule has 0 saturated carbocycles. The van der Waals surface area contributed by atoms with Crippen LogP contribution in [0.15, 0.2) is 0 Å². The van der Waals surface area contributed by atoms with Crippen molar-refractivity contribution in [3.8, 4) is 0 Å². The van der Waals surface area contributed by atoms with Crippen LogP contribution < -0.4 is 0 Å². The van der Waals surface area contributed by atoms with Crippen LogP contribution in [0.3, 0.4) is 0 Å². The molecule has 0 aromatic heterocycles. The van der Waals surface area contributed by atoms with Gasteiger partial charge in [0.05, 0.1) is 12.2 Å². The molecule has 6 heteroatoms. The van der Waals surface area contributed by atoms with Crippen molar-refractivity contribution in [2.45, 2.75) is 59.5 Å². The third-order valence-electron chi connectivity index (χ3n) is 3.55. The predicted octanol–water partition coefficient (Wildman–Crippen LogP) is 0.843. The molecule has 1 aliphatic heterocycles. The first-order valence-corrected chi connectivity index (χ1v) is 6.79. The molecular weight excluding hydrogens is 264 g/mol. The lowest BCUT2D eigenvalue weighted by Crippen LogP contribution is -2.66. The monoisotopic (exact) mass is 288 g/mol. The number of aliphatic hydroxyl groups is 2. The van der Waals surface area contributed by atoms with Crippen LogP contribution in [0.2, 0.25) is 0 Å². The Morgan fingerprint density at radius 2 is 1.15 bits per heavy atom. The first-order valence-electron chi connectivity index (χ1n) is 6.79. The van der Waals surface area contributed by atoms with E-state index in [1.54, 1.807) is 27.7 Å². The molecule has 0 aromatic rings. The minimum Gasteiger partial charge on any atom is -0.422 e. The maximum atomic E-state index is 12.4. The summed E-state index contributed by atoms with van der Waals surface area (Å²) in [5.41, 5.74) is -2.10. The summed E-state index contributed by atoms with van der Waals surface area (Å²) in [4.78, 5) is 24.8. The van der Waals surface area contributed by atoms with Crippen molar-refractivity contribution in [3.05, 3.63) is 0 Å². The van der Waals surface area contributed by atoms with E-state index in [1.165, 1.54) is 13.8 Å². The zero-order chi connectivity index (χ0) is 15.9. The van der Waals surface area contributed by atoms with Crippen molar-refractivity contribution in [2.24, 2.45) is 17.3 Å². The first kappa shape index (κ1) is 16.9. The van der Waals surface area contributed by atoms with Gasteiger partial charge in [0.25, 0.3) is 5.79 Å². The van der Waals surface area contributed by atoms with Crippen LogP contribution in [0.1, 0.15) is 41.5 Å². The Kier molecular flexibility index (Phi) is 4.51. The number of carbonyl (C=O) groups excluding carboxylic acids is 2. The van der Waals surface area contributed by atoms with Gasteiger partial charge in [0.2, 0.25) is 5.41 Å². The van der Waals surface area contributed by atoms with Crippen LogP contribution in [0.25, 0.3) is 0 Å². The number of hydrogen-bond acceptors (Lipinski definition) is 6. The molecule has 2 unspecified atom stereocenters. The molecule has 0 aromatic carbocycles. The van der Waals surface area contributed by atoms with Gasteiger partial charge in [-0.05, 0) is 11.8 Å². The Bertz CT molecular complexity index is 362. The summed E-state index contributed by atoms with van der Waals surface area (Å²) < 4.78 is 10.2. The van der Waals surface area contributed by atoms with Gasteiger partial charge in [-0.15, -0.1) is 0 Å². The van der Waals surface area contributed by atoms with E-state index in [0.717, 1.165) is 0 Å². The second-order valence-corrected chi connectivity index (χ2v) is 6.43. The van der Waals surface area contributed by atoms with E-state index < -0.39 is 47.2 Å². The Hall–Kier alpha value is -1.14. The van der Waals surface area contributed by atoms with Gasteiger partial charge in [-0.3, -0.25) is 9.59 Å². The van der Waals surface area contributed by atoms with E-state index in [0.29, 0.717) is 0 Å². The van der Waals surface area contributed by atoms with E-state index in [2.05, 4.69) is 0 Å². The molecule has 1 heterocycles. The first-order chi connectivity index (χ1) is 8.96. The molecule has 0 bridgehead atoms. The molecule has 1 rings (SSSR count). The standard InChI is InChI=1S/C14H24O6/c1-7(2)9(15)14(10(16)8(3)4)11(17)19-13(5,6)20-12(14)18/h7-10,15-16H,1-6H3. The number of carbonyl (C=O) groups is 2. The fourth-order valence-electron chi connectivity index (χ4n) is 2.43. The largest absolute Gasteiger partial charge is 0.422 e. The molecule has 1 saturated heterocycles. The van der Waals surface area contributed by atoms with Gasteiger partial charge in [-0.25, -0.2) is 0 Å². The van der Waals surface area contributed by atoms with Gasteiger partial charge in [-0.2, -0.15) is 0 Å². The van der Waals surface area contributed by atoms with Crippen LogP contribution in [0.5, 0.6) is 0 Å². The van der Waals surface area contributed by atoms with Crippen LogP contribution in [-0.2, 0) is 19.1 Å².